The Bertz CT molecular complexity index is 769. The highest BCUT2D eigenvalue weighted by atomic mass is 16.5. The average Bonchev–Trinajstić information content (AvgIpc) is 2.77. The van der Waals surface area contributed by atoms with E-state index in [1.807, 2.05) is 59.5 Å². The number of nitrogens with one attached hydrogen (secondary N) is 1. The van der Waals surface area contributed by atoms with Crippen molar-refractivity contribution in [2.45, 2.75) is 19.4 Å². The first kappa shape index (κ1) is 19.7. The molecule has 3 amide bonds. The molecule has 0 aromatic heterocycles. The lowest BCUT2D eigenvalue weighted by Crippen LogP contribution is -2.53. The Morgan fingerprint density at radius 2 is 1.54 bits per heavy atom. The summed E-state index contributed by atoms with van der Waals surface area (Å²) in [7, 11) is 1.64. The summed E-state index contributed by atoms with van der Waals surface area (Å²) in [5, 5.41) is 2.94. The zero-order valence-electron chi connectivity index (χ0n) is 16.3. The van der Waals surface area contributed by atoms with E-state index in [1.165, 1.54) is 0 Å². The van der Waals surface area contributed by atoms with Gasteiger partial charge in [0.05, 0.1) is 7.11 Å². The summed E-state index contributed by atoms with van der Waals surface area (Å²) in [5.41, 5.74) is 2.19. The number of urea groups is 1. The van der Waals surface area contributed by atoms with E-state index < -0.39 is 0 Å². The standard InChI is InChI=1S/C22H27N3O3/c1-28-20-10-7-18(8-11-20)9-12-21(26)24-13-15-25(16-14-24)22(27)23-17-19-5-3-2-4-6-19/h2-8,10-11H,9,12-17H2,1H3,(H,23,27). The van der Waals surface area contributed by atoms with Gasteiger partial charge in [-0.25, -0.2) is 4.79 Å². The van der Waals surface area contributed by atoms with Gasteiger partial charge in [0, 0.05) is 39.1 Å². The van der Waals surface area contributed by atoms with Crippen molar-refractivity contribution in [2.75, 3.05) is 33.3 Å². The summed E-state index contributed by atoms with van der Waals surface area (Å²) in [6.45, 7) is 2.81. The minimum atomic E-state index is -0.0748. The number of carbonyl (C=O) groups is 2. The molecule has 2 aromatic carbocycles. The Labute approximate surface area is 166 Å². The molecular weight excluding hydrogens is 354 g/mol. The number of carbonyl (C=O) groups excluding carboxylic acids is 2. The van der Waals surface area contributed by atoms with Crippen LogP contribution in [0.2, 0.25) is 0 Å². The van der Waals surface area contributed by atoms with E-state index in [0.717, 1.165) is 16.9 Å². The first-order valence-electron chi connectivity index (χ1n) is 9.63. The number of ether oxygens (including phenoxy) is 1. The Balaban J connectivity index is 1.38. The monoisotopic (exact) mass is 381 g/mol. The number of piperazine rings is 1. The molecule has 0 atom stereocenters. The highest BCUT2D eigenvalue weighted by molar-refractivity contribution is 5.78. The summed E-state index contributed by atoms with van der Waals surface area (Å²) in [5.74, 6) is 0.955. The lowest BCUT2D eigenvalue weighted by atomic mass is 10.1. The third kappa shape index (κ3) is 5.49. The summed E-state index contributed by atoms with van der Waals surface area (Å²) < 4.78 is 5.15. The molecule has 0 unspecified atom stereocenters. The van der Waals surface area contributed by atoms with E-state index in [9.17, 15) is 9.59 Å². The van der Waals surface area contributed by atoms with Gasteiger partial charge < -0.3 is 19.9 Å². The normalized spacial score (nSPS) is 13.9. The first-order chi connectivity index (χ1) is 13.7. The number of rotatable bonds is 6. The van der Waals surface area contributed by atoms with Crippen molar-refractivity contribution in [3.8, 4) is 5.75 Å². The van der Waals surface area contributed by atoms with Crippen molar-refractivity contribution >= 4 is 11.9 Å². The second kappa shape index (κ2) is 9.78. The Morgan fingerprint density at radius 3 is 2.18 bits per heavy atom. The number of hydrogen-bond acceptors (Lipinski definition) is 3. The molecule has 0 saturated carbocycles. The van der Waals surface area contributed by atoms with Crippen LogP contribution in [-0.4, -0.2) is 55.0 Å². The summed E-state index contributed by atoms with van der Waals surface area (Å²) in [4.78, 5) is 28.4. The van der Waals surface area contributed by atoms with E-state index in [2.05, 4.69) is 5.32 Å². The van der Waals surface area contributed by atoms with Gasteiger partial charge in [0.25, 0.3) is 0 Å². The van der Waals surface area contributed by atoms with Crippen LogP contribution in [0, 0.1) is 0 Å². The molecule has 148 valence electrons. The van der Waals surface area contributed by atoms with Crippen molar-refractivity contribution in [2.24, 2.45) is 0 Å². The fourth-order valence-electron chi connectivity index (χ4n) is 3.25. The first-order valence-corrected chi connectivity index (χ1v) is 9.63. The van der Waals surface area contributed by atoms with Crippen LogP contribution in [0.25, 0.3) is 0 Å². The number of aryl methyl sites for hydroxylation is 1. The van der Waals surface area contributed by atoms with Crippen molar-refractivity contribution in [1.29, 1.82) is 0 Å². The van der Waals surface area contributed by atoms with Crippen LogP contribution in [-0.2, 0) is 17.8 Å². The minimum absolute atomic E-state index is 0.0748. The molecule has 1 heterocycles. The molecule has 6 nitrogen and oxygen atoms in total. The Morgan fingerprint density at radius 1 is 0.893 bits per heavy atom. The number of amides is 3. The lowest BCUT2D eigenvalue weighted by molar-refractivity contribution is -0.132. The fraction of sp³-hybridized carbons (Fsp3) is 0.364. The largest absolute Gasteiger partial charge is 0.497 e. The topological polar surface area (TPSA) is 61.9 Å². The molecule has 0 radical (unpaired) electrons. The van der Waals surface area contributed by atoms with Crippen LogP contribution in [0.5, 0.6) is 5.75 Å². The highest BCUT2D eigenvalue weighted by Crippen LogP contribution is 2.13. The van der Waals surface area contributed by atoms with Crippen molar-refractivity contribution < 1.29 is 14.3 Å². The molecule has 6 heteroatoms. The summed E-state index contributed by atoms with van der Waals surface area (Å²) in [6, 6.07) is 17.6. The third-order valence-electron chi connectivity index (χ3n) is 4.99. The summed E-state index contributed by atoms with van der Waals surface area (Å²) >= 11 is 0. The van der Waals surface area contributed by atoms with Crippen LogP contribution >= 0.6 is 0 Å². The van der Waals surface area contributed by atoms with Crippen LogP contribution in [0.1, 0.15) is 17.5 Å². The van der Waals surface area contributed by atoms with Gasteiger partial charge >= 0.3 is 6.03 Å². The zero-order valence-corrected chi connectivity index (χ0v) is 16.3. The maximum Gasteiger partial charge on any atom is 0.317 e. The van der Waals surface area contributed by atoms with Gasteiger partial charge in [-0.15, -0.1) is 0 Å². The lowest BCUT2D eigenvalue weighted by Gasteiger charge is -2.34. The molecule has 1 aliphatic heterocycles. The molecule has 1 N–H and O–H groups in total. The van der Waals surface area contributed by atoms with Gasteiger partial charge in [-0.05, 0) is 29.7 Å². The maximum absolute atomic E-state index is 12.5. The number of methoxy groups -OCH3 is 1. The molecule has 0 bridgehead atoms. The van der Waals surface area contributed by atoms with E-state index >= 15 is 0 Å². The highest BCUT2D eigenvalue weighted by Gasteiger charge is 2.23. The van der Waals surface area contributed by atoms with Gasteiger partial charge in [0.1, 0.15) is 5.75 Å². The van der Waals surface area contributed by atoms with Gasteiger partial charge in [0.15, 0.2) is 0 Å². The molecule has 0 spiro atoms. The third-order valence-corrected chi connectivity index (χ3v) is 4.99. The van der Waals surface area contributed by atoms with E-state index in [-0.39, 0.29) is 11.9 Å². The quantitative estimate of drug-likeness (QED) is 0.837. The van der Waals surface area contributed by atoms with Gasteiger partial charge in [-0.3, -0.25) is 4.79 Å². The van der Waals surface area contributed by atoms with Gasteiger partial charge in [-0.2, -0.15) is 0 Å². The maximum atomic E-state index is 12.5. The predicted octanol–water partition coefficient (Wildman–Crippen LogP) is 2.68. The number of nitrogens with zero attached hydrogens (tertiary/aromatic N) is 2. The van der Waals surface area contributed by atoms with Gasteiger partial charge in [0.2, 0.25) is 5.91 Å². The molecule has 28 heavy (non-hydrogen) atoms. The van der Waals surface area contributed by atoms with E-state index in [4.69, 9.17) is 4.74 Å². The SMILES string of the molecule is COc1ccc(CCC(=O)N2CCN(C(=O)NCc3ccccc3)CC2)cc1. The zero-order chi connectivity index (χ0) is 19.8. The molecule has 0 aliphatic carbocycles. The smallest absolute Gasteiger partial charge is 0.317 e. The van der Waals surface area contributed by atoms with Crippen LogP contribution in [0.15, 0.2) is 54.6 Å². The van der Waals surface area contributed by atoms with Gasteiger partial charge in [-0.1, -0.05) is 42.5 Å². The number of benzene rings is 2. The number of hydrogen-bond donors (Lipinski definition) is 1. The van der Waals surface area contributed by atoms with Crippen LogP contribution in [0.3, 0.4) is 0 Å². The second-order valence-electron chi connectivity index (χ2n) is 6.86. The summed E-state index contributed by atoms with van der Waals surface area (Å²) in [6.07, 6.45) is 1.19. The predicted molar refractivity (Wildman–Crippen MR) is 108 cm³/mol. The van der Waals surface area contributed by atoms with Crippen molar-refractivity contribution in [3.05, 3.63) is 65.7 Å². The molecule has 1 fully saturated rings. The molecule has 1 saturated heterocycles. The average molecular weight is 381 g/mol. The molecule has 3 rings (SSSR count). The van der Waals surface area contributed by atoms with E-state index in [1.54, 1.807) is 12.0 Å². The van der Waals surface area contributed by atoms with Crippen molar-refractivity contribution in [3.63, 3.8) is 0 Å². The molecular formula is C22H27N3O3. The van der Waals surface area contributed by atoms with Crippen LogP contribution in [0.4, 0.5) is 4.79 Å². The Hall–Kier alpha value is -3.02. The molecule has 2 aromatic rings. The molecule has 1 aliphatic rings. The Kier molecular flexibility index (Phi) is 6.89. The fourth-order valence-corrected chi connectivity index (χ4v) is 3.25. The minimum Gasteiger partial charge on any atom is -0.497 e. The van der Waals surface area contributed by atoms with E-state index in [0.29, 0.717) is 45.6 Å². The second-order valence-corrected chi connectivity index (χ2v) is 6.86. The van der Waals surface area contributed by atoms with Crippen molar-refractivity contribution in [1.82, 2.24) is 15.1 Å². The van der Waals surface area contributed by atoms with Crippen LogP contribution < -0.4 is 10.1 Å².